The van der Waals surface area contributed by atoms with Crippen LogP contribution in [0, 0.1) is 0 Å². The second-order valence-corrected chi connectivity index (χ2v) is 4.88. The first-order valence-corrected chi connectivity index (χ1v) is 6.85. The summed E-state index contributed by atoms with van der Waals surface area (Å²) in [5, 5.41) is 0. The smallest absolute Gasteiger partial charge is 0.194 e. The zero-order valence-corrected chi connectivity index (χ0v) is 11.7. The molecule has 0 N–H and O–H groups in total. The molecule has 1 heterocycles. The van der Waals surface area contributed by atoms with Gasteiger partial charge in [0.15, 0.2) is 11.9 Å². The molecule has 0 aliphatic carbocycles. The Morgan fingerprint density at radius 2 is 1.81 bits per heavy atom. The van der Waals surface area contributed by atoms with Crippen molar-refractivity contribution in [2.24, 2.45) is 0 Å². The zero-order chi connectivity index (χ0) is 14.7. The Morgan fingerprint density at radius 3 is 2.48 bits per heavy atom. The quantitative estimate of drug-likeness (QED) is 0.622. The lowest BCUT2D eigenvalue weighted by atomic mass is 10.1. The van der Waals surface area contributed by atoms with Gasteiger partial charge in [-0.15, -0.1) is 0 Å². The number of benzene rings is 2. The first-order chi connectivity index (χ1) is 10.3. The van der Waals surface area contributed by atoms with E-state index in [0.717, 1.165) is 11.3 Å². The molecule has 1 fully saturated rings. The Morgan fingerprint density at radius 1 is 1.10 bits per heavy atom. The summed E-state index contributed by atoms with van der Waals surface area (Å²) in [7, 11) is 1.60. The number of ketones is 1. The van der Waals surface area contributed by atoms with Crippen molar-refractivity contribution < 1.29 is 14.3 Å². The molecule has 1 aliphatic rings. The summed E-state index contributed by atoms with van der Waals surface area (Å²) in [6, 6.07) is 17.1. The Balaban J connectivity index is 1.61. The maximum atomic E-state index is 12.2. The molecule has 0 unspecified atom stereocenters. The van der Waals surface area contributed by atoms with Gasteiger partial charge >= 0.3 is 0 Å². The van der Waals surface area contributed by atoms with Gasteiger partial charge in [0.25, 0.3) is 0 Å². The number of hydrogen-bond acceptors (Lipinski definition) is 3. The third-order valence-electron chi connectivity index (χ3n) is 3.44. The van der Waals surface area contributed by atoms with Gasteiger partial charge in [0.1, 0.15) is 11.9 Å². The Hall–Kier alpha value is -2.39. The predicted octanol–water partition coefficient (Wildman–Crippen LogP) is 3.36. The number of carbonyl (C=O) groups is 1. The van der Waals surface area contributed by atoms with E-state index in [1.165, 1.54) is 0 Å². The van der Waals surface area contributed by atoms with Crippen molar-refractivity contribution in [2.75, 3.05) is 7.11 Å². The molecule has 3 heteroatoms. The molecule has 2 atom stereocenters. The van der Waals surface area contributed by atoms with Gasteiger partial charge in [0.05, 0.1) is 7.11 Å². The van der Waals surface area contributed by atoms with Crippen LogP contribution in [0.2, 0.25) is 0 Å². The van der Waals surface area contributed by atoms with E-state index in [2.05, 4.69) is 0 Å². The highest BCUT2D eigenvalue weighted by Gasteiger charge is 2.43. The van der Waals surface area contributed by atoms with Gasteiger partial charge in [-0.1, -0.05) is 42.5 Å². The standard InChI is InChI=1S/C18H16O3/c1-20-15-10-8-14(9-11-15)17(19)18-16(21-18)12-7-13-5-3-2-4-6-13/h2-12,16,18H,1H3/b12-7+/t16-,18+/m0/s1. The highest BCUT2D eigenvalue weighted by Crippen LogP contribution is 2.28. The fourth-order valence-electron chi connectivity index (χ4n) is 2.17. The van der Waals surface area contributed by atoms with Crippen LogP contribution in [-0.2, 0) is 4.74 Å². The monoisotopic (exact) mass is 280 g/mol. The summed E-state index contributed by atoms with van der Waals surface area (Å²) in [4.78, 5) is 12.2. The van der Waals surface area contributed by atoms with Crippen LogP contribution >= 0.6 is 0 Å². The Kier molecular flexibility index (Phi) is 3.84. The predicted molar refractivity (Wildman–Crippen MR) is 81.5 cm³/mol. The van der Waals surface area contributed by atoms with Gasteiger partial charge in [0.2, 0.25) is 0 Å². The number of rotatable bonds is 5. The van der Waals surface area contributed by atoms with Gasteiger partial charge in [-0.25, -0.2) is 0 Å². The maximum absolute atomic E-state index is 12.2. The molecule has 0 aromatic heterocycles. The van der Waals surface area contributed by atoms with Crippen molar-refractivity contribution in [3.63, 3.8) is 0 Å². The minimum Gasteiger partial charge on any atom is -0.497 e. The number of hydrogen-bond donors (Lipinski definition) is 0. The third kappa shape index (κ3) is 3.20. The van der Waals surface area contributed by atoms with Crippen LogP contribution in [0.4, 0.5) is 0 Å². The minimum atomic E-state index is -0.363. The van der Waals surface area contributed by atoms with Crippen molar-refractivity contribution in [3.8, 4) is 5.75 Å². The van der Waals surface area contributed by atoms with Crippen LogP contribution in [-0.4, -0.2) is 25.1 Å². The average Bonchev–Trinajstić information content (AvgIpc) is 3.33. The molecular weight excluding hydrogens is 264 g/mol. The van der Waals surface area contributed by atoms with E-state index in [-0.39, 0.29) is 18.0 Å². The van der Waals surface area contributed by atoms with Gasteiger partial charge in [0, 0.05) is 5.56 Å². The second-order valence-electron chi connectivity index (χ2n) is 4.88. The van der Waals surface area contributed by atoms with E-state index in [1.54, 1.807) is 31.4 Å². The number of Topliss-reactive ketones (excluding diaryl/α,β-unsaturated/α-hetero) is 1. The van der Waals surface area contributed by atoms with E-state index < -0.39 is 0 Å². The van der Waals surface area contributed by atoms with Crippen LogP contribution in [0.15, 0.2) is 60.7 Å². The van der Waals surface area contributed by atoms with E-state index in [4.69, 9.17) is 9.47 Å². The molecule has 21 heavy (non-hydrogen) atoms. The van der Waals surface area contributed by atoms with E-state index >= 15 is 0 Å². The molecule has 1 saturated heterocycles. The van der Waals surface area contributed by atoms with Crippen molar-refractivity contribution in [3.05, 3.63) is 71.8 Å². The summed E-state index contributed by atoms with van der Waals surface area (Å²) in [5.74, 6) is 0.754. The molecule has 2 aromatic rings. The van der Waals surface area contributed by atoms with Crippen LogP contribution in [0.1, 0.15) is 15.9 Å². The van der Waals surface area contributed by atoms with Crippen LogP contribution in [0.5, 0.6) is 5.75 Å². The number of methoxy groups -OCH3 is 1. The lowest BCUT2D eigenvalue weighted by molar-refractivity contribution is 0.0953. The first kappa shape index (κ1) is 13.6. The Bertz CT molecular complexity index is 644. The normalized spacial score (nSPS) is 20.4. The molecule has 1 aliphatic heterocycles. The third-order valence-corrected chi connectivity index (χ3v) is 3.44. The number of carbonyl (C=O) groups excluding carboxylic acids is 1. The van der Waals surface area contributed by atoms with Gasteiger partial charge in [-0.2, -0.15) is 0 Å². The molecule has 0 radical (unpaired) electrons. The molecule has 106 valence electrons. The lowest BCUT2D eigenvalue weighted by Crippen LogP contribution is -2.09. The second kappa shape index (κ2) is 5.94. The summed E-state index contributed by atoms with van der Waals surface area (Å²) in [5.41, 5.74) is 1.75. The van der Waals surface area contributed by atoms with Crippen molar-refractivity contribution in [1.29, 1.82) is 0 Å². The lowest BCUT2D eigenvalue weighted by Gasteiger charge is -2.00. The molecule has 0 saturated carbocycles. The molecule has 0 amide bonds. The van der Waals surface area contributed by atoms with Crippen molar-refractivity contribution in [1.82, 2.24) is 0 Å². The molecule has 3 nitrogen and oxygen atoms in total. The average molecular weight is 280 g/mol. The fraction of sp³-hybridized carbons (Fsp3) is 0.167. The van der Waals surface area contributed by atoms with Crippen molar-refractivity contribution in [2.45, 2.75) is 12.2 Å². The maximum Gasteiger partial charge on any atom is 0.194 e. The molecule has 2 aromatic carbocycles. The van der Waals surface area contributed by atoms with Gasteiger partial charge in [-0.3, -0.25) is 4.79 Å². The minimum absolute atomic E-state index is 0.0142. The fourth-order valence-corrected chi connectivity index (χ4v) is 2.17. The van der Waals surface area contributed by atoms with E-state index in [0.29, 0.717) is 5.56 Å². The molecule has 0 spiro atoms. The van der Waals surface area contributed by atoms with Crippen LogP contribution in [0.25, 0.3) is 6.08 Å². The van der Waals surface area contributed by atoms with E-state index in [9.17, 15) is 4.79 Å². The topological polar surface area (TPSA) is 38.8 Å². The highest BCUT2D eigenvalue weighted by atomic mass is 16.6. The number of ether oxygens (including phenoxy) is 2. The van der Waals surface area contributed by atoms with E-state index in [1.807, 2.05) is 42.5 Å². The van der Waals surface area contributed by atoms with Gasteiger partial charge in [-0.05, 0) is 29.8 Å². The summed E-state index contributed by atoms with van der Waals surface area (Å²) < 4.78 is 10.5. The van der Waals surface area contributed by atoms with Crippen LogP contribution in [0.3, 0.4) is 0 Å². The molecular formula is C18H16O3. The summed E-state index contributed by atoms with van der Waals surface area (Å²) >= 11 is 0. The summed E-state index contributed by atoms with van der Waals surface area (Å²) in [6.07, 6.45) is 3.42. The number of epoxide rings is 1. The SMILES string of the molecule is COc1ccc(C(=O)[C@@H]2O[C@H]2/C=C/c2ccccc2)cc1. The first-order valence-electron chi connectivity index (χ1n) is 6.85. The molecule has 0 bridgehead atoms. The van der Waals surface area contributed by atoms with Gasteiger partial charge < -0.3 is 9.47 Å². The van der Waals surface area contributed by atoms with Crippen molar-refractivity contribution >= 4 is 11.9 Å². The molecule has 3 rings (SSSR count). The zero-order valence-electron chi connectivity index (χ0n) is 11.7. The Labute approximate surface area is 123 Å². The highest BCUT2D eigenvalue weighted by molar-refractivity contribution is 6.01. The summed E-state index contributed by atoms with van der Waals surface area (Å²) in [6.45, 7) is 0. The van der Waals surface area contributed by atoms with Crippen LogP contribution < -0.4 is 4.74 Å². The largest absolute Gasteiger partial charge is 0.497 e.